The number of aryl methyl sites for hydroxylation is 2. The number of ketones is 1. The third-order valence-electron chi connectivity index (χ3n) is 5.22. The Bertz CT molecular complexity index is 1360. The Morgan fingerprint density at radius 1 is 1.23 bits per heavy atom. The molecule has 7 nitrogen and oxygen atoms in total. The summed E-state index contributed by atoms with van der Waals surface area (Å²) in [5.74, 6) is -1.80. The van der Waals surface area contributed by atoms with E-state index in [0.29, 0.717) is 10.7 Å². The lowest BCUT2D eigenvalue weighted by Gasteiger charge is -2.23. The lowest BCUT2D eigenvalue weighted by Crippen LogP contribution is -2.31. The molecular weight excluding hydrogens is 414 g/mol. The van der Waals surface area contributed by atoms with Crippen molar-refractivity contribution in [2.45, 2.75) is 19.9 Å². The first kappa shape index (κ1) is 19.2. The van der Waals surface area contributed by atoms with Crippen LogP contribution < -0.4 is 4.90 Å². The molecule has 0 saturated carbocycles. The molecule has 1 atom stereocenters. The molecule has 1 aromatic carbocycles. The van der Waals surface area contributed by atoms with Crippen LogP contribution in [0.1, 0.15) is 33.3 Å². The number of fused-ring (bicyclic) bond motifs is 1. The number of Topliss-reactive ketones (excluding diaryl/α,β-unsaturated/α-hetero) is 1. The molecule has 0 aliphatic carbocycles. The molecule has 0 bridgehead atoms. The third kappa shape index (κ3) is 3.03. The minimum absolute atomic E-state index is 0.0425. The van der Waals surface area contributed by atoms with E-state index >= 15 is 0 Å². The van der Waals surface area contributed by atoms with Crippen LogP contribution >= 0.6 is 11.3 Å². The number of hydrogen-bond acceptors (Lipinski definition) is 7. The van der Waals surface area contributed by atoms with Crippen molar-refractivity contribution in [2.75, 3.05) is 4.90 Å². The lowest BCUT2D eigenvalue weighted by molar-refractivity contribution is -0.117. The fourth-order valence-corrected chi connectivity index (χ4v) is 5.06. The Hall–Kier alpha value is -3.78. The molecule has 0 saturated heterocycles. The smallest absolute Gasteiger partial charge is 0.296 e. The summed E-state index contributed by atoms with van der Waals surface area (Å²) in [4.78, 5) is 36.5. The van der Waals surface area contributed by atoms with Gasteiger partial charge in [0.25, 0.3) is 5.91 Å². The van der Waals surface area contributed by atoms with Crippen LogP contribution in [0.5, 0.6) is 0 Å². The zero-order valence-electron chi connectivity index (χ0n) is 16.7. The molecule has 3 aromatic heterocycles. The SMILES string of the molecule is Cc1cc(C)c2nc(N3C(=O)C(O)=C(C(=O)c4ccco4)C3c3cccnc3)sc2c1. The standard InChI is InChI=1S/C23H17N3O4S/c1-12-9-13(2)18-16(10-12)31-23(25-18)26-19(14-5-3-7-24-11-14)17(21(28)22(26)29)20(27)15-6-4-8-30-15/h3-11,19,28H,1-2H3. The number of aliphatic hydroxyl groups excluding tert-OH is 1. The van der Waals surface area contributed by atoms with Crippen LogP contribution in [-0.4, -0.2) is 26.8 Å². The van der Waals surface area contributed by atoms with Crippen molar-refractivity contribution in [1.29, 1.82) is 0 Å². The van der Waals surface area contributed by atoms with Crippen molar-refractivity contribution in [3.05, 3.63) is 88.8 Å². The van der Waals surface area contributed by atoms with E-state index in [9.17, 15) is 14.7 Å². The van der Waals surface area contributed by atoms with Crippen molar-refractivity contribution in [1.82, 2.24) is 9.97 Å². The Kier molecular flexibility index (Phi) is 4.44. The quantitative estimate of drug-likeness (QED) is 0.471. The van der Waals surface area contributed by atoms with Crippen LogP contribution in [-0.2, 0) is 4.79 Å². The van der Waals surface area contributed by atoms with Crippen LogP contribution in [0.4, 0.5) is 5.13 Å². The highest BCUT2D eigenvalue weighted by molar-refractivity contribution is 7.22. The van der Waals surface area contributed by atoms with Crippen molar-refractivity contribution in [3.8, 4) is 0 Å². The van der Waals surface area contributed by atoms with Crippen LogP contribution in [0.15, 0.2) is 70.8 Å². The average molecular weight is 431 g/mol. The molecular formula is C23H17N3O4S. The highest BCUT2D eigenvalue weighted by atomic mass is 32.1. The fraction of sp³-hybridized carbons (Fsp3) is 0.130. The molecule has 4 heterocycles. The van der Waals surface area contributed by atoms with E-state index in [-0.39, 0.29) is 11.3 Å². The van der Waals surface area contributed by atoms with Gasteiger partial charge in [-0.05, 0) is 54.8 Å². The van der Waals surface area contributed by atoms with E-state index in [1.54, 1.807) is 30.6 Å². The first-order chi connectivity index (χ1) is 15.0. The second-order valence-corrected chi connectivity index (χ2v) is 8.37. The Labute approximate surface area is 181 Å². The first-order valence-corrected chi connectivity index (χ1v) is 10.4. The molecule has 0 fully saturated rings. The number of thiazole rings is 1. The van der Waals surface area contributed by atoms with Crippen LogP contribution in [0, 0.1) is 13.8 Å². The molecule has 1 N–H and O–H groups in total. The summed E-state index contributed by atoms with van der Waals surface area (Å²) >= 11 is 1.34. The minimum atomic E-state index is -0.874. The maximum atomic E-state index is 13.2. The van der Waals surface area contributed by atoms with Gasteiger partial charge in [-0.1, -0.05) is 23.5 Å². The van der Waals surface area contributed by atoms with Crippen molar-refractivity contribution in [2.24, 2.45) is 0 Å². The number of anilines is 1. The summed E-state index contributed by atoms with van der Waals surface area (Å²) in [6.45, 7) is 3.96. The van der Waals surface area contributed by atoms with Gasteiger partial charge in [0.2, 0.25) is 5.78 Å². The van der Waals surface area contributed by atoms with Gasteiger partial charge in [0.1, 0.15) is 0 Å². The van der Waals surface area contributed by atoms with E-state index in [0.717, 1.165) is 21.3 Å². The van der Waals surface area contributed by atoms with Gasteiger partial charge in [0, 0.05) is 12.4 Å². The number of rotatable bonds is 4. The summed E-state index contributed by atoms with van der Waals surface area (Å²) in [6, 6.07) is 9.71. The number of benzene rings is 1. The number of hydrogen-bond donors (Lipinski definition) is 1. The van der Waals surface area contributed by atoms with Gasteiger partial charge in [-0.2, -0.15) is 0 Å². The van der Waals surface area contributed by atoms with Crippen molar-refractivity contribution >= 4 is 38.4 Å². The number of furan rings is 1. The van der Waals surface area contributed by atoms with Gasteiger partial charge in [-0.15, -0.1) is 0 Å². The van der Waals surface area contributed by atoms with E-state index < -0.39 is 23.5 Å². The van der Waals surface area contributed by atoms with Gasteiger partial charge in [0.15, 0.2) is 16.7 Å². The van der Waals surface area contributed by atoms with Crippen LogP contribution in [0.3, 0.4) is 0 Å². The first-order valence-electron chi connectivity index (χ1n) is 9.58. The van der Waals surface area contributed by atoms with E-state index in [4.69, 9.17) is 4.42 Å². The Morgan fingerprint density at radius 3 is 2.77 bits per heavy atom. The van der Waals surface area contributed by atoms with Crippen molar-refractivity contribution < 1.29 is 19.1 Å². The fourth-order valence-electron chi connectivity index (χ4n) is 3.89. The molecule has 1 unspecified atom stereocenters. The molecule has 1 aliphatic heterocycles. The second-order valence-electron chi connectivity index (χ2n) is 7.36. The maximum absolute atomic E-state index is 13.2. The topological polar surface area (TPSA) is 96.5 Å². The number of nitrogens with zero attached hydrogens (tertiary/aromatic N) is 3. The van der Waals surface area contributed by atoms with Gasteiger partial charge in [0.05, 0.1) is 28.1 Å². The summed E-state index contributed by atoms with van der Waals surface area (Å²) in [5, 5.41) is 11.1. The zero-order chi connectivity index (χ0) is 21.7. The summed E-state index contributed by atoms with van der Waals surface area (Å²) in [7, 11) is 0. The number of pyridine rings is 1. The Morgan fingerprint density at radius 2 is 2.06 bits per heavy atom. The molecule has 0 spiro atoms. The van der Waals surface area contributed by atoms with Crippen LogP contribution in [0.25, 0.3) is 10.2 Å². The highest BCUT2D eigenvalue weighted by Crippen LogP contribution is 2.44. The molecule has 5 rings (SSSR count). The second kappa shape index (κ2) is 7.17. The summed E-state index contributed by atoms with van der Waals surface area (Å²) in [6.07, 6.45) is 4.55. The van der Waals surface area contributed by atoms with Gasteiger partial charge >= 0.3 is 0 Å². The molecule has 1 amide bonds. The van der Waals surface area contributed by atoms with E-state index in [2.05, 4.69) is 9.97 Å². The predicted octanol–water partition coefficient (Wildman–Crippen LogP) is 4.68. The molecule has 8 heteroatoms. The predicted molar refractivity (Wildman–Crippen MR) is 116 cm³/mol. The van der Waals surface area contributed by atoms with Gasteiger partial charge in [-0.3, -0.25) is 19.5 Å². The Balaban J connectivity index is 1.69. The number of carbonyl (C=O) groups excluding carboxylic acids is 2. The maximum Gasteiger partial charge on any atom is 0.296 e. The number of aliphatic hydroxyl groups is 1. The largest absolute Gasteiger partial charge is 0.503 e. The molecule has 4 aromatic rings. The lowest BCUT2D eigenvalue weighted by atomic mass is 9.96. The van der Waals surface area contributed by atoms with Gasteiger partial charge in [-0.25, -0.2) is 4.98 Å². The van der Waals surface area contributed by atoms with E-state index in [1.807, 2.05) is 26.0 Å². The van der Waals surface area contributed by atoms with E-state index in [1.165, 1.54) is 28.6 Å². The minimum Gasteiger partial charge on any atom is -0.503 e. The monoisotopic (exact) mass is 431 g/mol. The zero-order valence-corrected chi connectivity index (χ0v) is 17.5. The van der Waals surface area contributed by atoms with Gasteiger partial charge < -0.3 is 9.52 Å². The van der Waals surface area contributed by atoms with Crippen molar-refractivity contribution in [3.63, 3.8) is 0 Å². The number of aromatic nitrogens is 2. The normalized spacial score (nSPS) is 16.5. The highest BCUT2D eigenvalue weighted by Gasteiger charge is 2.46. The molecule has 1 aliphatic rings. The number of carbonyl (C=O) groups is 2. The molecule has 154 valence electrons. The number of amides is 1. The van der Waals surface area contributed by atoms with Crippen LogP contribution in [0.2, 0.25) is 0 Å². The summed E-state index contributed by atoms with van der Waals surface area (Å²) in [5.41, 5.74) is 3.40. The molecule has 0 radical (unpaired) electrons. The average Bonchev–Trinajstić information content (AvgIpc) is 3.48. The molecule has 31 heavy (non-hydrogen) atoms. The third-order valence-corrected chi connectivity index (χ3v) is 6.22. The summed E-state index contributed by atoms with van der Waals surface area (Å²) < 4.78 is 6.17.